The largest absolute Gasteiger partial charge is 0.353 e. The highest BCUT2D eigenvalue weighted by molar-refractivity contribution is 4.24. The number of hydrogen-bond acceptors (Lipinski definition) is 2. The van der Waals surface area contributed by atoms with Gasteiger partial charge in [-0.1, -0.05) is 0 Å². The maximum Gasteiger partial charge on any atom is 0.191 e. The first-order valence-electron chi connectivity index (χ1n) is 2.60. The molecule has 1 unspecified atom stereocenters. The molecule has 0 rings (SSSR count). The minimum atomic E-state index is -0.777. The molecule has 0 aromatic rings. The number of ether oxygens (including phenoxy) is 2. The smallest absolute Gasteiger partial charge is 0.191 e. The van der Waals surface area contributed by atoms with E-state index in [4.69, 9.17) is 4.74 Å². The second kappa shape index (κ2) is 5.00. The fourth-order valence-electron chi connectivity index (χ4n) is 0.372. The number of hydrogen-bond donors (Lipinski definition) is 0. The van der Waals surface area contributed by atoms with Gasteiger partial charge in [-0.2, -0.15) is 0 Å². The number of rotatable bonds is 4. The van der Waals surface area contributed by atoms with E-state index < -0.39 is 13.2 Å². The van der Waals surface area contributed by atoms with Crippen molar-refractivity contribution in [3.63, 3.8) is 0 Å². The molecule has 0 N–H and O–H groups in total. The van der Waals surface area contributed by atoms with E-state index in [-0.39, 0.29) is 0 Å². The van der Waals surface area contributed by atoms with Gasteiger partial charge in [0.15, 0.2) is 13.2 Å². The molecule has 2 nitrogen and oxygen atoms in total. The minimum absolute atomic E-state index is 0.412. The zero-order valence-electron chi connectivity index (χ0n) is 5.19. The molecule has 0 saturated heterocycles. The molecular formula is C5H11FO2. The Morgan fingerprint density at radius 3 is 2.50 bits per heavy atom. The number of halogens is 1. The SMILES string of the molecule is CCOC(C)OCF. The van der Waals surface area contributed by atoms with Gasteiger partial charge in [0.2, 0.25) is 0 Å². The second-order valence-electron chi connectivity index (χ2n) is 1.30. The minimum Gasteiger partial charge on any atom is -0.353 e. The van der Waals surface area contributed by atoms with Crippen molar-refractivity contribution in [1.82, 2.24) is 0 Å². The maximum absolute atomic E-state index is 11.3. The standard InChI is InChI=1S/C5H11FO2/c1-3-7-5(2)8-4-6/h5H,3-4H2,1-2H3. The van der Waals surface area contributed by atoms with Gasteiger partial charge in [-0.3, -0.25) is 0 Å². The predicted molar refractivity (Wildman–Crippen MR) is 28.1 cm³/mol. The molecule has 0 spiro atoms. The Labute approximate surface area is 48.6 Å². The summed E-state index contributed by atoms with van der Waals surface area (Å²) < 4.78 is 20.5. The average Bonchev–Trinajstić information content (AvgIpc) is 1.68. The third-order valence-corrected chi connectivity index (χ3v) is 0.699. The van der Waals surface area contributed by atoms with Crippen molar-refractivity contribution in [2.75, 3.05) is 13.5 Å². The van der Waals surface area contributed by atoms with Gasteiger partial charge in [0, 0.05) is 6.61 Å². The molecule has 0 aliphatic heterocycles. The van der Waals surface area contributed by atoms with Gasteiger partial charge < -0.3 is 9.47 Å². The first kappa shape index (κ1) is 7.85. The van der Waals surface area contributed by atoms with Crippen LogP contribution in [0.4, 0.5) is 4.39 Å². The molecule has 0 saturated carbocycles. The topological polar surface area (TPSA) is 18.5 Å². The Morgan fingerprint density at radius 1 is 1.50 bits per heavy atom. The highest BCUT2D eigenvalue weighted by atomic mass is 19.1. The quantitative estimate of drug-likeness (QED) is 0.523. The van der Waals surface area contributed by atoms with Crippen molar-refractivity contribution < 1.29 is 13.9 Å². The van der Waals surface area contributed by atoms with Crippen molar-refractivity contribution >= 4 is 0 Å². The zero-order chi connectivity index (χ0) is 6.41. The van der Waals surface area contributed by atoms with Crippen LogP contribution < -0.4 is 0 Å². The van der Waals surface area contributed by atoms with Gasteiger partial charge in [0.05, 0.1) is 0 Å². The Kier molecular flexibility index (Phi) is 4.90. The van der Waals surface area contributed by atoms with E-state index in [9.17, 15) is 4.39 Å². The summed E-state index contributed by atoms with van der Waals surface area (Å²) in [4.78, 5) is 0. The van der Waals surface area contributed by atoms with Crippen LogP contribution in [0.15, 0.2) is 0 Å². The molecule has 50 valence electrons. The van der Waals surface area contributed by atoms with E-state index in [0.29, 0.717) is 6.61 Å². The lowest BCUT2D eigenvalue weighted by molar-refractivity contribution is -0.149. The molecule has 0 aliphatic rings. The van der Waals surface area contributed by atoms with Crippen molar-refractivity contribution in [3.8, 4) is 0 Å². The van der Waals surface area contributed by atoms with Crippen molar-refractivity contribution in [3.05, 3.63) is 0 Å². The van der Waals surface area contributed by atoms with E-state index in [1.807, 2.05) is 6.92 Å². The van der Waals surface area contributed by atoms with Crippen molar-refractivity contribution in [2.45, 2.75) is 20.1 Å². The lowest BCUT2D eigenvalue weighted by Crippen LogP contribution is -2.11. The molecule has 1 atom stereocenters. The summed E-state index contributed by atoms with van der Waals surface area (Å²) in [6.45, 7) is 3.27. The second-order valence-corrected chi connectivity index (χ2v) is 1.30. The van der Waals surface area contributed by atoms with E-state index in [2.05, 4.69) is 4.74 Å². The van der Waals surface area contributed by atoms with Gasteiger partial charge in [-0.15, -0.1) is 0 Å². The molecular weight excluding hydrogens is 111 g/mol. The van der Waals surface area contributed by atoms with E-state index >= 15 is 0 Å². The van der Waals surface area contributed by atoms with Crippen molar-refractivity contribution in [1.29, 1.82) is 0 Å². The summed E-state index contributed by atoms with van der Waals surface area (Å²) in [6.07, 6.45) is -0.412. The van der Waals surface area contributed by atoms with Gasteiger partial charge in [0.1, 0.15) is 0 Å². The van der Waals surface area contributed by atoms with Crippen molar-refractivity contribution in [2.24, 2.45) is 0 Å². The van der Waals surface area contributed by atoms with Crippen LogP contribution in [0.25, 0.3) is 0 Å². The fraction of sp³-hybridized carbons (Fsp3) is 1.00. The van der Waals surface area contributed by atoms with Crippen LogP contribution in [-0.2, 0) is 9.47 Å². The molecule has 3 heteroatoms. The summed E-state index contributed by atoms with van der Waals surface area (Å²) in [5.41, 5.74) is 0. The van der Waals surface area contributed by atoms with E-state index in [0.717, 1.165) is 0 Å². The third kappa shape index (κ3) is 4.02. The normalized spacial score (nSPS) is 13.9. The molecule has 0 bridgehead atoms. The fourth-order valence-corrected chi connectivity index (χ4v) is 0.372. The molecule has 0 fully saturated rings. The zero-order valence-corrected chi connectivity index (χ0v) is 5.19. The van der Waals surface area contributed by atoms with Crippen LogP contribution in [-0.4, -0.2) is 19.8 Å². The van der Waals surface area contributed by atoms with Crippen LogP contribution in [0.2, 0.25) is 0 Å². The van der Waals surface area contributed by atoms with Gasteiger partial charge >= 0.3 is 0 Å². The molecule has 8 heavy (non-hydrogen) atoms. The molecule has 0 aromatic heterocycles. The van der Waals surface area contributed by atoms with Crippen LogP contribution in [0.3, 0.4) is 0 Å². The Bertz CT molecular complexity index is 43.7. The highest BCUT2D eigenvalue weighted by Crippen LogP contribution is 1.91. The lowest BCUT2D eigenvalue weighted by Gasteiger charge is -2.08. The van der Waals surface area contributed by atoms with Crippen LogP contribution >= 0.6 is 0 Å². The molecule has 0 aromatic carbocycles. The summed E-state index contributed by atoms with van der Waals surface area (Å²) in [7, 11) is 0. The first-order chi connectivity index (χ1) is 3.81. The van der Waals surface area contributed by atoms with E-state index in [1.165, 1.54) is 0 Å². The lowest BCUT2D eigenvalue weighted by atomic mass is 10.7. The summed E-state index contributed by atoms with van der Waals surface area (Å²) in [5, 5.41) is 0. The molecule has 0 radical (unpaired) electrons. The van der Waals surface area contributed by atoms with Gasteiger partial charge in [0.25, 0.3) is 0 Å². The van der Waals surface area contributed by atoms with Crippen LogP contribution in [0.5, 0.6) is 0 Å². The van der Waals surface area contributed by atoms with Crippen LogP contribution in [0, 0.1) is 0 Å². The Hall–Kier alpha value is -0.150. The first-order valence-corrected chi connectivity index (χ1v) is 2.60. The summed E-state index contributed by atoms with van der Waals surface area (Å²) in [5.74, 6) is 0. The summed E-state index contributed by atoms with van der Waals surface area (Å²) >= 11 is 0. The third-order valence-electron chi connectivity index (χ3n) is 0.699. The Balaban J connectivity index is 2.92. The van der Waals surface area contributed by atoms with Crippen LogP contribution in [0.1, 0.15) is 13.8 Å². The molecule has 0 aliphatic carbocycles. The van der Waals surface area contributed by atoms with E-state index in [1.54, 1.807) is 6.92 Å². The maximum atomic E-state index is 11.3. The number of alkyl halides is 1. The monoisotopic (exact) mass is 122 g/mol. The van der Waals surface area contributed by atoms with Gasteiger partial charge in [-0.25, -0.2) is 4.39 Å². The summed E-state index contributed by atoms with van der Waals surface area (Å²) in [6, 6.07) is 0. The van der Waals surface area contributed by atoms with Gasteiger partial charge in [-0.05, 0) is 13.8 Å². The predicted octanol–water partition coefficient (Wildman–Crippen LogP) is 1.31. The highest BCUT2D eigenvalue weighted by Gasteiger charge is 1.96. The molecule has 0 heterocycles. The molecule has 0 amide bonds. The Morgan fingerprint density at radius 2 is 2.12 bits per heavy atom. The average molecular weight is 122 g/mol.